The number of rotatable bonds is 5. The van der Waals surface area contributed by atoms with Crippen molar-refractivity contribution in [3.8, 4) is 0 Å². The Labute approximate surface area is 110 Å². The smallest absolute Gasteiger partial charge is 0.223 e. The zero-order valence-electron chi connectivity index (χ0n) is 11.4. The first kappa shape index (κ1) is 13.8. The number of nitrogens with one attached hydrogen (secondary N) is 2. The quantitative estimate of drug-likeness (QED) is 0.687. The first-order valence-electron chi connectivity index (χ1n) is 7.26. The molecule has 0 aromatic rings. The Balaban J connectivity index is 1.72. The predicted octanol–water partition coefficient (Wildman–Crippen LogP) is 1.04. The second kappa shape index (κ2) is 6.02. The summed E-state index contributed by atoms with van der Waals surface area (Å²) in [4.78, 5) is 12.0. The van der Waals surface area contributed by atoms with E-state index in [2.05, 4.69) is 10.6 Å². The second-order valence-electron chi connectivity index (χ2n) is 6.00. The average Bonchev–Trinajstić information content (AvgIpc) is 2.37. The SMILES string of the molecule is CNC1(CO)CCC(C(=O)NCC2CCC2)CC1. The normalized spacial score (nSPS) is 32.9. The molecule has 0 aromatic carbocycles. The summed E-state index contributed by atoms with van der Waals surface area (Å²) >= 11 is 0. The van der Waals surface area contributed by atoms with Crippen LogP contribution in [0.3, 0.4) is 0 Å². The van der Waals surface area contributed by atoms with Gasteiger partial charge >= 0.3 is 0 Å². The molecular weight excluding hydrogens is 228 g/mol. The summed E-state index contributed by atoms with van der Waals surface area (Å²) in [6, 6.07) is 0. The lowest BCUT2D eigenvalue weighted by atomic mass is 9.76. The highest BCUT2D eigenvalue weighted by Crippen LogP contribution is 2.32. The minimum atomic E-state index is -0.148. The van der Waals surface area contributed by atoms with Crippen LogP contribution in [0.15, 0.2) is 0 Å². The molecule has 104 valence electrons. The number of likely N-dealkylation sites (N-methyl/N-ethyl adjacent to an activating group) is 1. The Bertz CT molecular complexity index is 276. The molecular formula is C14H26N2O2. The van der Waals surface area contributed by atoms with Crippen LogP contribution in [-0.2, 0) is 4.79 Å². The molecule has 4 heteroatoms. The molecule has 0 spiro atoms. The summed E-state index contributed by atoms with van der Waals surface area (Å²) in [5.41, 5.74) is -0.148. The van der Waals surface area contributed by atoms with Crippen LogP contribution in [0.4, 0.5) is 0 Å². The van der Waals surface area contributed by atoms with Gasteiger partial charge in [-0.2, -0.15) is 0 Å². The molecule has 3 N–H and O–H groups in total. The van der Waals surface area contributed by atoms with Crippen molar-refractivity contribution in [1.29, 1.82) is 0 Å². The number of aliphatic hydroxyl groups excluding tert-OH is 1. The van der Waals surface area contributed by atoms with Crippen molar-refractivity contribution in [3.05, 3.63) is 0 Å². The van der Waals surface area contributed by atoms with Gasteiger partial charge in [0.05, 0.1) is 6.61 Å². The summed E-state index contributed by atoms with van der Waals surface area (Å²) < 4.78 is 0. The van der Waals surface area contributed by atoms with E-state index in [1.807, 2.05) is 7.05 Å². The van der Waals surface area contributed by atoms with Gasteiger partial charge in [-0.05, 0) is 51.5 Å². The van der Waals surface area contributed by atoms with Crippen LogP contribution >= 0.6 is 0 Å². The Morgan fingerprint density at radius 1 is 1.28 bits per heavy atom. The van der Waals surface area contributed by atoms with Crippen molar-refractivity contribution < 1.29 is 9.90 Å². The third-order valence-corrected chi connectivity index (χ3v) is 4.94. The number of amides is 1. The Hall–Kier alpha value is -0.610. The molecule has 2 fully saturated rings. The first-order valence-corrected chi connectivity index (χ1v) is 7.26. The molecule has 0 aliphatic heterocycles. The van der Waals surface area contributed by atoms with Crippen LogP contribution in [0.1, 0.15) is 44.9 Å². The minimum absolute atomic E-state index is 0.148. The molecule has 0 heterocycles. The molecule has 2 saturated carbocycles. The van der Waals surface area contributed by atoms with Crippen molar-refractivity contribution >= 4 is 5.91 Å². The van der Waals surface area contributed by atoms with Crippen molar-refractivity contribution in [2.45, 2.75) is 50.5 Å². The van der Waals surface area contributed by atoms with E-state index in [1.54, 1.807) is 0 Å². The van der Waals surface area contributed by atoms with Gasteiger partial charge in [-0.3, -0.25) is 4.79 Å². The largest absolute Gasteiger partial charge is 0.394 e. The standard InChI is InChI=1S/C14H26N2O2/c1-15-14(10-17)7-5-12(6-8-14)13(18)16-9-11-3-2-4-11/h11-12,15,17H,2-10H2,1H3,(H,16,18). The summed E-state index contributed by atoms with van der Waals surface area (Å²) in [7, 11) is 1.90. The molecule has 2 aliphatic carbocycles. The van der Waals surface area contributed by atoms with Gasteiger partial charge in [-0.1, -0.05) is 6.42 Å². The van der Waals surface area contributed by atoms with Crippen molar-refractivity contribution in [3.63, 3.8) is 0 Å². The van der Waals surface area contributed by atoms with Crippen molar-refractivity contribution in [2.75, 3.05) is 20.2 Å². The van der Waals surface area contributed by atoms with Crippen LogP contribution in [0.5, 0.6) is 0 Å². The number of hydrogen-bond acceptors (Lipinski definition) is 3. The molecule has 0 saturated heterocycles. The van der Waals surface area contributed by atoms with Gasteiger partial charge in [0.2, 0.25) is 5.91 Å². The number of carbonyl (C=O) groups is 1. The van der Waals surface area contributed by atoms with Gasteiger partial charge in [0, 0.05) is 18.0 Å². The van der Waals surface area contributed by atoms with Gasteiger partial charge < -0.3 is 15.7 Å². The van der Waals surface area contributed by atoms with E-state index in [0.29, 0.717) is 0 Å². The maximum atomic E-state index is 12.0. The second-order valence-corrected chi connectivity index (χ2v) is 6.00. The van der Waals surface area contributed by atoms with E-state index in [1.165, 1.54) is 19.3 Å². The Morgan fingerprint density at radius 2 is 1.94 bits per heavy atom. The lowest BCUT2D eigenvalue weighted by Crippen LogP contribution is -2.50. The molecule has 0 bridgehead atoms. The van der Waals surface area contributed by atoms with Gasteiger partial charge in [0.1, 0.15) is 0 Å². The molecule has 0 aromatic heterocycles. The molecule has 18 heavy (non-hydrogen) atoms. The van der Waals surface area contributed by atoms with Crippen molar-refractivity contribution in [1.82, 2.24) is 10.6 Å². The van der Waals surface area contributed by atoms with Gasteiger partial charge in [0.25, 0.3) is 0 Å². The molecule has 0 atom stereocenters. The fourth-order valence-corrected chi connectivity index (χ4v) is 3.01. The average molecular weight is 254 g/mol. The summed E-state index contributed by atoms with van der Waals surface area (Å²) in [5, 5.41) is 15.7. The van der Waals surface area contributed by atoms with Crippen LogP contribution in [0.2, 0.25) is 0 Å². The molecule has 2 aliphatic rings. The fraction of sp³-hybridized carbons (Fsp3) is 0.929. The van der Waals surface area contributed by atoms with Gasteiger partial charge in [-0.15, -0.1) is 0 Å². The maximum absolute atomic E-state index is 12.0. The van der Waals surface area contributed by atoms with Gasteiger partial charge in [-0.25, -0.2) is 0 Å². The summed E-state index contributed by atoms with van der Waals surface area (Å²) in [6.45, 7) is 1.03. The topological polar surface area (TPSA) is 61.4 Å². The fourth-order valence-electron chi connectivity index (χ4n) is 3.01. The van der Waals surface area contributed by atoms with E-state index in [4.69, 9.17) is 0 Å². The molecule has 0 unspecified atom stereocenters. The van der Waals surface area contributed by atoms with Crippen LogP contribution in [-0.4, -0.2) is 36.8 Å². The lowest BCUT2D eigenvalue weighted by Gasteiger charge is -2.38. The monoisotopic (exact) mass is 254 g/mol. The van der Waals surface area contributed by atoms with E-state index in [-0.39, 0.29) is 24.0 Å². The third kappa shape index (κ3) is 3.04. The van der Waals surface area contributed by atoms with Crippen LogP contribution < -0.4 is 10.6 Å². The molecule has 2 rings (SSSR count). The molecule has 4 nitrogen and oxygen atoms in total. The molecule has 0 radical (unpaired) electrons. The van der Waals surface area contributed by atoms with Crippen molar-refractivity contribution in [2.24, 2.45) is 11.8 Å². The minimum Gasteiger partial charge on any atom is -0.394 e. The van der Waals surface area contributed by atoms with E-state index in [9.17, 15) is 9.90 Å². The first-order chi connectivity index (χ1) is 8.69. The third-order valence-electron chi connectivity index (χ3n) is 4.94. The Kier molecular flexibility index (Phi) is 4.62. The number of hydrogen-bond donors (Lipinski definition) is 3. The highest BCUT2D eigenvalue weighted by Gasteiger charge is 2.35. The van der Waals surface area contributed by atoms with Gasteiger partial charge in [0.15, 0.2) is 0 Å². The predicted molar refractivity (Wildman–Crippen MR) is 71.2 cm³/mol. The van der Waals surface area contributed by atoms with Crippen LogP contribution in [0.25, 0.3) is 0 Å². The number of carbonyl (C=O) groups excluding carboxylic acids is 1. The van der Waals surface area contributed by atoms with E-state index in [0.717, 1.165) is 38.1 Å². The highest BCUT2D eigenvalue weighted by molar-refractivity contribution is 5.78. The molecule has 1 amide bonds. The van der Waals surface area contributed by atoms with E-state index >= 15 is 0 Å². The van der Waals surface area contributed by atoms with E-state index < -0.39 is 0 Å². The zero-order valence-corrected chi connectivity index (χ0v) is 11.4. The zero-order chi connectivity index (χ0) is 13.0. The maximum Gasteiger partial charge on any atom is 0.223 e. The summed E-state index contributed by atoms with van der Waals surface area (Å²) in [5.74, 6) is 1.11. The number of aliphatic hydroxyl groups is 1. The highest BCUT2D eigenvalue weighted by atomic mass is 16.3. The Morgan fingerprint density at radius 3 is 2.39 bits per heavy atom. The lowest BCUT2D eigenvalue weighted by molar-refractivity contribution is -0.126. The summed E-state index contributed by atoms with van der Waals surface area (Å²) in [6.07, 6.45) is 7.43. The van der Waals surface area contributed by atoms with Crippen LogP contribution in [0, 0.1) is 11.8 Å².